The number of hydrogen-bond donors (Lipinski definition) is 2. The Kier molecular flexibility index (Phi) is 5.81. The number of carbonyl (C=O) groups is 1. The van der Waals surface area contributed by atoms with Crippen LogP contribution in [0.4, 0.5) is 0 Å². The van der Waals surface area contributed by atoms with Gasteiger partial charge in [0.1, 0.15) is 5.75 Å². The predicted molar refractivity (Wildman–Crippen MR) is 101 cm³/mol. The van der Waals surface area contributed by atoms with Gasteiger partial charge < -0.3 is 15.8 Å². The number of amides is 1. The van der Waals surface area contributed by atoms with Crippen LogP contribution < -0.4 is 15.8 Å². The van der Waals surface area contributed by atoms with Crippen molar-refractivity contribution >= 4 is 29.9 Å². The van der Waals surface area contributed by atoms with E-state index >= 15 is 0 Å². The quantitative estimate of drug-likeness (QED) is 0.813. The zero-order chi connectivity index (χ0) is 16.7. The van der Waals surface area contributed by atoms with Gasteiger partial charge in [-0.25, -0.2) is 0 Å². The molecule has 2 bridgehead atoms. The molecule has 25 heavy (non-hydrogen) atoms. The van der Waals surface area contributed by atoms with Crippen LogP contribution in [0.2, 0.25) is 5.02 Å². The molecule has 4 nitrogen and oxygen atoms in total. The topological polar surface area (TPSA) is 64.4 Å². The molecule has 4 rings (SSSR count). The summed E-state index contributed by atoms with van der Waals surface area (Å²) in [5.41, 5.74) is 7.34. The zero-order valence-corrected chi connectivity index (χ0v) is 15.8. The molecule has 0 radical (unpaired) electrons. The molecule has 138 valence electrons. The van der Waals surface area contributed by atoms with Crippen LogP contribution in [-0.2, 0) is 4.79 Å². The molecule has 0 saturated heterocycles. The molecule has 3 atom stereocenters. The number of rotatable bonds is 2. The van der Waals surface area contributed by atoms with Crippen molar-refractivity contribution in [1.29, 1.82) is 0 Å². The number of nitrogens with two attached hydrogens (primary N) is 1. The Morgan fingerprint density at radius 3 is 2.64 bits per heavy atom. The third-order valence-electron chi connectivity index (χ3n) is 6.13. The van der Waals surface area contributed by atoms with Gasteiger partial charge in [0.25, 0.3) is 0 Å². The maximum Gasteiger partial charge on any atom is 0.223 e. The van der Waals surface area contributed by atoms with Crippen molar-refractivity contribution in [2.24, 2.45) is 23.5 Å². The van der Waals surface area contributed by atoms with Crippen LogP contribution in [0.1, 0.15) is 50.1 Å². The first-order valence-electron chi connectivity index (χ1n) is 9.10. The number of halogens is 2. The Labute approximate surface area is 160 Å². The van der Waals surface area contributed by atoms with Crippen LogP contribution in [0.25, 0.3) is 0 Å². The number of fused-ring (bicyclic) bond motifs is 3. The first kappa shape index (κ1) is 18.8. The van der Waals surface area contributed by atoms with E-state index in [9.17, 15) is 4.79 Å². The van der Waals surface area contributed by atoms with E-state index in [1.807, 2.05) is 18.2 Å². The summed E-state index contributed by atoms with van der Waals surface area (Å²) in [7, 11) is 0. The van der Waals surface area contributed by atoms with E-state index < -0.39 is 0 Å². The van der Waals surface area contributed by atoms with Crippen molar-refractivity contribution in [3.05, 3.63) is 28.8 Å². The second-order valence-electron chi connectivity index (χ2n) is 7.55. The molecule has 6 heteroatoms. The number of carbonyl (C=O) groups excluding carboxylic acids is 1. The molecule has 2 aliphatic carbocycles. The first-order chi connectivity index (χ1) is 11.6. The Morgan fingerprint density at radius 2 is 1.92 bits per heavy atom. The summed E-state index contributed by atoms with van der Waals surface area (Å²) in [6.45, 7) is 0.586. The molecule has 0 aromatic heterocycles. The summed E-state index contributed by atoms with van der Waals surface area (Å²) >= 11 is 6.22. The monoisotopic (exact) mass is 384 g/mol. The molecule has 2 fully saturated rings. The van der Waals surface area contributed by atoms with E-state index in [2.05, 4.69) is 5.32 Å². The van der Waals surface area contributed by atoms with Gasteiger partial charge in [-0.3, -0.25) is 4.79 Å². The SMILES string of the molecule is Cl.NC1C2CCCC1CC(C(=O)NC1CCOc3c(Cl)cccc31)C2. The van der Waals surface area contributed by atoms with Crippen LogP contribution >= 0.6 is 24.0 Å². The zero-order valence-electron chi connectivity index (χ0n) is 14.2. The van der Waals surface area contributed by atoms with Gasteiger partial charge in [-0.1, -0.05) is 30.2 Å². The lowest BCUT2D eigenvalue weighted by atomic mass is 9.65. The van der Waals surface area contributed by atoms with E-state index in [1.165, 1.54) is 19.3 Å². The van der Waals surface area contributed by atoms with E-state index in [0.717, 1.165) is 30.6 Å². The Bertz CT molecular complexity index is 626. The Morgan fingerprint density at radius 1 is 1.20 bits per heavy atom. The van der Waals surface area contributed by atoms with Crippen LogP contribution in [0.15, 0.2) is 18.2 Å². The fraction of sp³-hybridized carbons (Fsp3) is 0.632. The lowest BCUT2D eigenvalue weighted by Crippen LogP contribution is -2.49. The standard InChI is InChI=1S/C19H25ClN2O2.ClH/c20-15-6-2-5-14-16(7-8-24-18(14)15)22-19(23)13-9-11-3-1-4-12(10-13)17(11)21;/h2,5-6,11-13,16-17H,1,3-4,7-10,21H2,(H,22,23);1H. The van der Waals surface area contributed by atoms with Crippen LogP contribution in [-0.4, -0.2) is 18.6 Å². The van der Waals surface area contributed by atoms with E-state index in [4.69, 9.17) is 22.1 Å². The minimum Gasteiger partial charge on any atom is -0.492 e. The summed E-state index contributed by atoms with van der Waals surface area (Å²) in [5, 5.41) is 3.87. The van der Waals surface area contributed by atoms with Gasteiger partial charge in [0.15, 0.2) is 0 Å². The largest absolute Gasteiger partial charge is 0.492 e. The van der Waals surface area contributed by atoms with Gasteiger partial charge in [0, 0.05) is 23.9 Å². The average molecular weight is 385 g/mol. The van der Waals surface area contributed by atoms with Crippen molar-refractivity contribution in [1.82, 2.24) is 5.32 Å². The molecule has 0 spiro atoms. The maximum atomic E-state index is 12.9. The van der Waals surface area contributed by atoms with Crippen LogP contribution in [0.5, 0.6) is 5.75 Å². The van der Waals surface area contributed by atoms with E-state index in [-0.39, 0.29) is 30.3 Å². The molecular formula is C19H26Cl2N2O2. The summed E-state index contributed by atoms with van der Waals surface area (Å²) in [5.74, 6) is 2.04. The van der Waals surface area contributed by atoms with Crippen molar-refractivity contribution in [2.45, 2.75) is 50.6 Å². The number of benzene rings is 1. The molecule has 2 saturated carbocycles. The van der Waals surface area contributed by atoms with Gasteiger partial charge in [-0.05, 0) is 43.6 Å². The second kappa shape index (κ2) is 7.73. The molecule has 1 aliphatic heterocycles. The third-order valence-corrected chi connectivity index (χ3v) is 6.42. The van der Waals surface area contributed by atoms with Crippen LogP contribution in [0, 0.1) is 17.8 Å². The number of para-hydroxylation sites is 1. The van der Waals surface area contributed by atoms with Gasteiger partial charge in [-0.2, -0.15) is 0 Å². The average Bonchev–Trinajstić information content (AvgIpc) is 2.55. The van der Waals surface area contributed by atoms with Crippen molar-refractivity contribution in [3.8, 4) is 5.75 Å². The molecule has 1 heterocycles. The number of ether oxygens (including phenoxy) is 1. The van der Waals surface area contributed by atoms with Gasteiger partial charge in [0.05, 0.1) is 17.7 Å². The molecule has 1 aromatic rings. The highest BCUT2D eigenvalue weighted by Gasteiger charge is 2.41. The fourth-order valence-electron chi connectivity index (χ4n) is 4.83. The molecular weight excluding hydrogens is 359 g/mol. The van der Waals surface area contributed by atoms with Crippen molar-refractivity contribution in [2.75, 3.05) is 6.61 Å². The highest BCUT2D eigenvalue weighted by atomic mass is 35.5. The van der Waals surface area contributed by atoms with E-state index in [1.54, 1.807) is 0 Å². The van der Waals surface area contributed by atoms with Gasteiger partial charge in [-0.15, -0.1) is 12.4 Å². The molecule has 3 aliphatic rings. The van der Waals surface area contributed by atoms with Crippen molar-refractivity contribution in [3.63, 3.8) is 0 Å². The third kappa shape index (κ3) is 3.62. The molecule has 1 aromatic carbocycles. The van der Waals surface area contributed by atoms with Crippen molar-refractivity contribution < 1.29 is 9.53 Å². The normalized spacial score (nSPS) is 33.4. The molecule has 3 N–H and O–H groups in total. The van der Waals surface area contributed by atoms with E-state index in [0.29, 0.717) is 29.5 Å². The summed E-state index contributed by atoms with van der Waals surface area (Å²) < 4.78 is 5.69. The van der Waals surface area contributed by atoms with Gasteiger partial charge in [0.2, 0.25) is 5.91 Å². The second-order valence-corrected chi connectivity index (χ2v) is 7.96. The highest BCUT2D eigenvalue weighted by Crippen LogP contribution is 2.43. The Hall–Kier alpha value is -0.970. The fourth-order valence-corrected chi connectivity index (χ4v) is 5.07. The lowest BCUT2D eigenvalue weighted by molar-refractivity contribution is -0.128. The Balaban J connectivity index is 0.00000182. The molecule has 3 unspecified atom stereocenters. The highest BCUT2D eigenvalue weighted by molar-refractivity contribution is 6.32. The summed E-state index contributed by atoms with van der Waals surface area (Å²) in [6.07, 6.45) is 6.29. The minimum absolute atomic E-state index is 0. The number of hydrogen-bond acceptors (Lipinski definition) is 3. The van der Waals surface area contributed by atoms with Gasteiger partial charge >= 0.3 is 0 Å². The maximum absolute atomic E-state index is 12.9. The summed E-state index contributed by atoms with van der Waals surface area (Å²) in [6, 6.07) is 6.03. The first-order valence-corrected chi connectivity index (χ1v) is 9.48. The summed E-state index contributed by atoms with van der Waals surface area (Å²) in [4.78, 5) is 12.9. The predicted octanol–water partition coefficient (Wildman–Crippen LogP) is 3.86. The number of nitrogens with one attached hydrogen (secondary N) is 1. The molecule has 1 amide bonds. The minimum atomic E-state index is -0.00427. The lowest BCUT2D eigenvalue weighted by Gasteiger charge is -2.43. The van der Waals surface area contributed by atoms with Crippen LogP contribution in [0.3, 0.4) is 0 Å². The smallest absolute Gasteiger partial charge is 0.223 e.